The van der Waals surface area contributed by atoms with Crippen molar-refractivity contribution >= 4 is 5.91 Å². The highest BCUT2D eigenvalue weighted by atomic mass is 16.5. The third kappa shape index (κ3) is 5.69. The average molecular weight is 357 g/mol. The average Bonchev–Trinajstić information content (AvgIpc) is 2.66. The number of ether oxygens (including phenoxy) is 3. The minimum atomic E-state index is -0.111. The molecule has 0 aromatic heterocycles. The summed E-state index contributed by atoms with van der Waals surface area (Å²) in [5, 5.41) is 3.00. The van der Waals surface area contributed by atoms with Crippen molar-refractivity contribution < 1.29 is 19.0 Å². The molecule has 1 N–H and O–H groups in total. The number of amides is 1. The van der Waals surface area contributed by atoms with Crippen molar-refractivity contribution in [2.75, 3.05) is 20.8 Å². The SMILES string of the molecule is COc1ccc([C@H](C)NC(=O)CCCOc2ccc(C)cc2)cc1OC. The van der Waals surface area contributed by atoms with Crippen LogP contribution in [0.25, 0.3) is 0 Å². The third-order valence-corrected chi connectivity index (χ3v) is 4.12. The number of hydrogen-bond acceptors (Lipinski definition) is 4. The minimum absolute atomic E-state index is 0.000194. The molecule has 0 saturated carbocycles. The van der Waals surface area contributed by atoms with Crippen LogP contribution in [-0.2, 0) is 4.79 Å². The van der Waals surface area contributed by atoms with E-state index in [2.05, 4.69) is 5.32 Å². The molecule has 2 rings (SSSR count). The van der Waals surface area contributed by atoms with E-state index in [0.29, 0.717) is 30.9 Å². The Bertz CT molecular complexity index is 712. The molecule has 26 heavy (non-hydrogen) atoms. The molecule has 2 aromatic rings. The lowest BCUT2D eigenvalue weighted by molar-refractivity contribution is -0.121. The zero-order valence-electron chi connectivity index (χ0n) is 15.9. The third-order valence-electron chi connectivity index (χ3n) is 4.12. The molecule has 140 valence electrons. The van der Waals surface area contributed by atoms with Crippen molar-refractivity contribution in [1.82, 2.24) is 5.32 Å². The van der Waals surface area contributed by atoms with Gasteiger partial charge in [-0.25, -0.2) is 0 Å². The van der Waals surface area contributed by atoms with Gasteiger partial charge in [0.05, 0.1) is 26.9 Å². The van der Waals surface area contributed by atoms with Crippen molar-refractivity contribution in [3.05, 3.63) is 53.6 Å². The standard InChI is InChI=1S/C21H27NO4/c1-15-7-10-18(11-8-15)26-13-5-6-21(23)22-16(2)17-9-12-19(24-3)20(14-17)25-4/h7-12,14,16H,5-6,13H2,1-4H3,(H,22,23)/t16-/m0/s1. The van der Waals surface area contributed by atoms with Crippen molar-refractivity contribution in [3.63, 3.8) is 0 Å². The number of carbonyl (C=O) groups excluding carboxylic acids is 1. The van der Waals surface area contributed by atoms with E-state index in [1.807, 2.05) is 56.3 Å². The Morgan fingerprint density at radius 2 is 1.73 bits per heavy atom. The maximum atomic E-state index is 12.1. The van der Waals surface area contributed by atoms with Crippen LogP contribution in [0.1, 0.15) is 36.9 Å². The van der Waals surface area contributed by atoms with Crippen LogP contribution < -0.4 is 19.5 Å². The molecule has 2 aromatic carbocycles. The predicted octanol–water partition coefficient (Wildman–Crippen LogP) is 4.05. The van der Waals surface area contributed by atoms with E-state index >= 15 is 0 Å². The van der Waals surface area contributed by atoms with Gasteiger partial charge in [-0.15, -0.1) is 0 Å². The number of benzene rings is 2. The number of aryl methyl sites for hydroxylation is 1. The van der Waals surface area contributed by atoms with Gasteiger partial charge in [0, 0.05) is 6.42 Å². The second-order valence-corrected chi connectivity index (χ2v) is 6.17. The smallest absolute Gasteiger partial charge is 0.220 e. The van der Waals surface area contributed by atoms with Gasteiger partial charge in [0.25, 0.3) is 0 Å². The van der Waals surface area contributed by atoms with Gasteiger partial charge in [-0.3, -0.25) is 4.79 Å². The van der Waals surface area contributed by atoms with Crippen LogP contribution >= 0.6 is 0 Å². The quantitative estimate of drug-likeness (QED) is 0.688. The van der Waals surface area contributed by atoms with Crippen molar-refractivity contribution in [2.45, 2.75) is 32.7 Å². The molecule has 5 heteroatoms. The summed E-state index contributed by atoms with van der Waals surface area (Å²) in [7, 11) is 3.19. The van der Waals surface area contributed by atoms with Gasteiger partial charge >= 0.3 is 0 Å². The van der Waals surface area contributed by atoms with Gasteiger partial charge in [0.2, 0.25) is 5.91 Å². The molecule has 5 nitrogen and oxygen atoms in total. The van der Waals surface area contributed by atoms with E-state index in [4.69, 9.17) is 14.2 Å². The van der Waals surface area contributed by atoms with Crippen LogP contribution in [-0.4, -0.2) is 26.7 Å². The summed E-state index contributed by atoms with van der Waals surface area (Å²) in [5.41, 5.74) is 2.16. The maximum absolute atomic E-state index is 12.1. The molecule has 0 aliphatic heterocycles. The van der Waals surface area contributed by atoms with E-state index in [9.17, 15) is 4.79 Å². The summed E-state index contributed by atoms with van der Waals surface area (Å²) < 4.78 is 16.2. The Morgan fingerprint density at radius 3 is 2.38 bits per heavy atom. The zero-order valence-corrected chi connectivity index (χ0v) is 15.9. The van der Waals surface area contributed by atoms with Crippen LogP contribution in [0.2, 0.25) is 0 Å². The first kappa shape index (κ1) is 19.6. The van der Waals surface area contributed by atoms with Gasteiger partial charge in [0.15, 0.2) is 11.5 Å². The fourth-order valence-electron chi connectivity index (χ4n) is 2.58. The molecule has 0 bridgehead atoms. The normalized spacial score (nSPS) is 11.5. The summed E-state index contributed by atoms with van der Waals surface area (Å²) in [4.78, 5) is 12.1. The fourth-order valence-corrected chi connectivity index (χ4v) is 2.58. The first-order valence-electron chi connectivity index (χ1n) is 8.74. The zero-order chi connectivity index (χ0) is 18.9. The van der Waals surface area contributed by atoms with Gasteiger partial charge in [-0.2, -0.15) is 0 Å². The summed E-state index contributed by atoms with van der Waals surface area (Å²) in [6.45, 7) is 4.50. The first-order valence-corrected chi connectivity index (χ1v) is 8.74. The molecule has 1 amide bonds. The van der Waals surface area contributed by atoms with Crippen molar-refractivity contribution in [2.24, 2.45) is 0 Å². The second-order valence-electron chi connectivity index (χ2n) is 6.17. The van der Waals surface area contributed by atoms with E-state index in [1.54, 1.807) is 14.2 Å². The summed E-state index contributed by atoms with van der Waals surface area (Å²) in [6.07, 6.45) is 1.09. The summed E-state index contributed by atoms with van der Waals surface area (Å²) in [6, 6.07) is 13.4. The molecule has 0 aliphatic rings. The minimum Gasteiger partial charge on any atom is -0.494 e. The molecule has 0 heterocycles. The van der Waals surface area contributed by atoms with E-state index in [1.165, 1.54) is 5.56 Å². The fraction of sp³-hybridized carbons (Fsp3) is 0.381. The molecule has 0 spiro atoms. The Kier molecular flexibility index (Phi) is 7.33. The molecular weight excluding hydrogens is 330 g/mol. The highest BCUT2D eigenvalue weighted by molar-refractivity contribution is 5.76. The number of carbonyl (C=O) groups is 1. The Balaban J connectivity index is 1.77. The van der Waals surface area contributed by atoms with Gasteiger partial charge in [0.1, 0.15) is 5.75 Å². The van der Waals surface area contributed by atoms with Crippen LogP contribution in [0.5, 0.6) is 17.2 Å². The molecule has 0 saturated heterocycles. The Hall–Kier alpha value is -2.69. The summed E-state index contributed by atoms with van der Waals surface area (Å²) >= 11 is 0. The van der Waals surface area contributed by atoms with Gasteiger partial charge in [-0.1, -0.05) is 23.8 Å². The lowest BCUT2D eigenvalue weighted by atomic mass is 10.1. The number of methoxy groups -OCH3 is 2. The highest BCUT2D eigenvalue weighted by Gasteiger charge is 2.12. The number of hydrogen-bond donors (Lipinski definition) is 1. The van der Waals surface area contributed by atoms with Crippen molar-refractivity contribution in [1.29, 1.82) is 0 Å². The predicted molar refractivity (Wildman–Crippen MR) is 102 cm³/mol. The largest absolute Gasteiger partial charge is 0.494 e. The van der Waals surface area contributed by atoms with Gasteiger partial charge < -0.3 is 19.5 Å². The first-order chi connectivity index (χ1) is 12.5. The Labute approximate surface area is 155 Å². The lowest BCUT2D eigenvalue weighted by Crippen LogP contribution is -2.26. The van der Waals surface area contributed by atoms with Crippen molar-refractivity contribution in [3.8, 4) is 17.2 Å². The number of rotatable bonds is 9. The maximum Gasteiger partial charge on any atom is 0.220 e. The molecule has 0 fully saturated rings. The highest BCUT2D eigenvalue weighted by Crippen LogP contribution is 2.29. The monoisotopic (exact) mass is 357 g/mol. The van der Waals surface area contributed by atoms with Crippen LogP contribution in [0, 0.1) is 6.92 Å². The van der Waals surface area contributed by atoms with Gasteiger partial charge in [-0.05, 0) is 50.1 Å². The topological polar surface area (TPSA) is 56.8 Å². The molecule has 0 aliphatic carbocycles. The number of nitrogens with one attached hydrogen (secondary N) is 1. The van der Waals surface area contributed by atoms with Crippen LogP contribution in [0.3, 0.4) is 0 Å². The van der Waals surface area contributed by atoms with E-state index in [-0.39, 0.29) is 11.9 Å². The van der Waals surface area contributed by atoms with E-state index < -0.39 is 0 Å². The molecule has 0 unspecified atom stereocenters. The lowest BCUT2D eigenvalue weighted by Gasteiger charge is -2.16. The van der Waals surface area contributed by atoms with Crippen LogP contribution in [0.15, 0.2) is 42.5 Å². The van der Waals surface area contributed by atoms with E-state index in [0.717, 1.165) is 11.3 Å². The summed E-state index contributed by atoms with van der Waals surface area (Å²) in [5.74, 6) is 2.15. The van der Waals surface area contributed by atoms with Crippen LogP contribution in [0.4, 0.5) is 0 Å². The second kappa shape index (κ2) is 9.70. The molecule has 0 radical (unpaired) electrons. The molecule has 1 atom stereocenters. The molecular formula is C21H27NO4. The Morgan fingerprint density at radius 1 is 1.04 bits per heavy atom.